The highest BCUT2D eigenvalue weighted by Gasteiger charge is 2.34. The third-order valence-corrected chi connectivity index (χ3v) is 2.37. The van der Waals surface area contributed by atoms with Crippen LogP contribution in [-0.4, -0.2) is 11.8 Å². The fourth-order valence-electron chi connectivity index (χ4n) is 1.59. The zero-order valence-corrected chi connectivity index (χ0v) is 7.52. The first-order chi connectivity index (χ1) is 6.15. The van der Waals surface area contributed by atoms with Gasteiger partial charge < -0.3 is 10.6 Å². The summed E-state index contributed by atoms with van der Waals surface area (Å²) in [6.07, 6.45) is 0.637. The SMILES string of the molecule is CCC1=C2NC(=O)C(C)=C2NC1=O. The van der Waals surface area contributed by atoms with Crippen LogP contribution < -0.4 is 10.6 Å². The number of amides is 2. The highest BCUT2D eigenvalue weighted by Crippen LogP contribution is 2.27. The topological polar surface area (TPSA) is 58.2 Å². The fraction of sp³-hybridized carbons (Fsp3) is 0.333. The van der Waals surface area contributed by atoms with Crippen LogP contribution in [0.5, 0.6) is 0 Å². The first-order valence-electron chi connectivity index (χ1n) is 4.22. The average Bonchev–Trinajstić information content (AvgIpc) is 2.52. The van der Waals surface area contributed by atoms with Gasteiger partial charge in [0.25, 0.3) is 11.8 Å². The summed E-state index contributed by atoms with van der Waals surface area (Å²) in [5, 5.41) is 5.36. The number of fused-ring (bicyclic) bond motifs is 1. The summed E-state index contributed by atoms with van der Waals surface area (Å²) < 4.78 is 0. The summed E-state index contributed by atoms with van der Waals surface area (Å²) in [5.41, 5.74) is 2.59. The lowest BCUT2D eigenvalue weighted by Gasteiger charge is -1.97. The molecule has 2 aliphatic heterocycles. The molecule has 2 aliphatic rings. The first-order valence-corrected chi connectivity index (χ1v) is 4.22. The van der Waals surface area contributed by atoms with E-state index < -0.39 is 0 Å². The van der Waals surface area contributed by atoms with Gasteiger partial charge in [0, 0.05) is 11.1 Å². The lowest BCUT2D eigenvalue weighted by atomic mass is 10.1. The Morgan fingerprint density at radius 3 is 2.31 bits per heavy atom. The quantitative estimate of drug-likeness (QED) is 0.602. The predicted octanol–water partition coefficient (Wildman–Crippen LogP) is 0.184. The lowest BCUT2D eigenvalue weighted by Crippen LogP contribution is -2.19. The number of hydrogen-bond acceptors (Lipinski definition) is 2. The zero-order valence-electron chi connectivity index (χ0n) is 7.52. The molecule has 4 heteroatoms. The molecule has 68 valence electrons. The van der Waals surface area contributed by atoms with Crippen molar-refractivity contribution in [3.63, 3.8) is 0 Å². The molecule has 13 heavy (non-hydrogen) atoms. The van der Waals surface area contributed by atoms with Gasteiger partial charge in [-0.15, -0.1) is 0 Å². The molecule has 4 nitrogen and oxygen atoms in total. The number of carbonyl (C=O) groups is 2. The van der Waals surface area contributed by atoms with Gasteiger partial charge in [-0.3, -0.25) is 9.59 Å². The minimum Gasteiger partial charge on any atom is -0.320 e. The van der Waals surface area contributed by atoms with Gasteiger partial charge in [-0.2, -0.15) is 0 Å². The molecule has 0 unspecified atom stereocenters. The van der Waals surface area contributed by atoms with E-state index in [0.717, 1.165) is 0 Å². The Labute approximate surface area is 75.7 Å². The van der Waals surface area contributed by atoms with E-state index in [2.05, 4.69) is 10.6 Å². The van der Waals surface area contributed by atoms with Gasteiger partial charge >= 0.3 is 0 Å². The van der Waals surface area contributed by atoms with Gasteiger partial charge in [0.05, 0.1) is 11.4 Å². The van der Waals surface area contributed by atoms with E-state index in [4.69, 9.17) is 0 Å². The summed E-state index contributed by atoms with van der Waals surface area (Å²) in [5.74, 6) is -0.206. The molecule has 2 rings (SSSR count). The Hall–Kier alpha value is -1.58. The van der Waals surface area contributed by atoms with Crippen LogP contribution >= 0.6 is 0 Å². The Bertz CT molecular complexity index is 377. The van der Waals surface area contributed by atoms with Gasteiger partial charge in [0.1, 0.15) is 0 Å². The molecular formula is C9H10N2O2. The Morgan fingerprint density at radius 2 is 1.69 bits per heavy atom. The minimum atomic E-state index is -0.115. The van der Waals surface area contributed by atoms with E-state index in [9.17, 15) is 9.59 Å². The van der Waals surface area contributed by atoms with Crippen LogP contribution in [0.3, 0.4) is 0 Å². The summed E-state index contributed by atoms with van der Waals surface area (Å²) in [7, 11) is 0. The van der Waals surface area contributed by atoms with Gasteiger partial charge in [0.2, 0.25) is 0 Å². The van der Waals surface area contributed by atoms with E-state index in [0.29, 0.717) is 29.0 Å². The number of carbonyl (C=O) groups excluding carboxylic acids is 2. The molecule has 0 bridgehead atoms. The normalized spacial score (nSPS) is 20.8. The van der Waals surface area contributed by atoms with Gasteiger partial charge in [0.15, 0.2) is 0 Å². The average molecular weight is 178 g/mol. The van der Waals surface area contributed by atoms with E-state index in [1.54, 1.807) is 6.92 Å². The molecule has 2 amide bonds. The van der Waals surface area contributed by atoms with Crippen LogP contribution in [0.15, 0.2) is 22.5 Å². The Morgan fingerprint density at radius 1 is 1.08 bits per heavy atom. The van der Waals surface area contributed by atoms with Crippen LogP contribution in [0, 0.1) is 0 Å². The third kappa shape index (κ3) is 0.915. The maximum Gasteiger partial charge on any atom is 0.253 e. The molecule has 0 saturated carbocycles. The van der Waals surface area contributed by atoms with Crippen LogP contribution in [0.25, 0.3) is 0 Å². The zero-order chi connectivity index (χ0) is 9.59. The van der Waals surface area contributed by atoms with Gasteiger partial charge in [-0.1, -0.05) is 6.92 Å². The smallest absolute Gasteiger partial charge is 0.253 e. The Balaban J connectivity index is 2.55. The number of hydrogen-bond donors (Lipinski definition) is 2. The summed E-state index contributed by atoms with van der Waals surface area (Å²) in [4.78, 5) is 22.5. The van der Waals surface area contributed by atoms with Crippen molar-refractivity contribution < 1.29 is 9.59 Å². The molecule has 0 saturated heterocycles. The van der Waals surface area contributed by atoms with Crippen molar-refractivity contribution >= 4 is 11.8 Å². The van der Waals surface area contributed by atoms with Crippen molar-refractivity contribution in [1.29, 1.82) is 0 Å². The van der Waals surface area contributed by atoms with Crippen molar-refractivity contribution in [3.8, 4) is 0 Å². The highest BCUT2D eigenvalue weighted by molar-refractivity contribution is 6.09. The van der Waals surface area contributed by atoms with Gasteiger partial charge in [-0.05, 0) is 13.3 Å². The van der Waals surface area contributed by atoms with E-state index >= 15 is 0 Å². The molecule has 2 N–H and O–H groups in total. The first kappa shape index (κ1) is 8.04. The van der Waals surface area contributed by atoms with Crippen molar-refractivity contribution in [1.82, 2.24) is 10.6 Å². The number of rotatable bonds is 1. The second-order valence-corrected chi connectivity index (χ2v) is 3.12. The molecule has 0 aliphatic carbocycles. The third-order valence-electron chi connectivity index (χ3n) is 2.37. The standard InChI is InChI=1S/C9H10N2O2/c1-3-5-7-6(10-9(5)13)4(2)8(12)11-7/h3H2,1-2H3,(H,10,13)(H,11,12). The summed E-state index contributed by atoms with van der Waals surface area (Å²) >= 11 is 0. The highest BCUT2D eigenvalue weighted by atomic mass is 16.2. The molecule has 0 radical (unpaired) electrons. The van der Waals surface area contributed by atoms with Crippen LogP contribution in [0.2, 0.25) is 0 Å². The van der Waals surface area contributed by atoms with E-state index in [1.807, 2.05) is 6.92 Å². The Kier molecular flexibility index (Phi) is 1.52. The maximum atomic E-state index is 11.3. The lowest BCUT2D eigenvalue weighted by molar-refractivity contribution is -0.116. The van der Waals surface area contributed by atoms with Crippen molar-refractivity contribution in [2.24, 2.45) is 0 Å². The minimum absolute atomic E-state index is 0.0909. The summed E-state index contributed by atoms with van der Waals surface area (Å²) in [6.45, 7) is 3.60. The molecule has 0 atom stereocenters. The molecule has 0 fully saturated rings. The van der Waals surface area contributed by atoms with E-state index in [1.165, 1.54) is 0 Å². The van der Waals surface area contributed by atoms with Crippen LogP contribution in [0.1, 0.15) is 20.3 Å². The van der Waals surface area contributed by atoms with Crippen LogP contribution in [0.4, 0.5) is 0 Å². The molecular weight excluding hydrogens is 168 g/mol. The van der Waals surface area contributed by atoms with Gasteiger partial charge in [-0.25, -0.2) is 0 Å². The van der Waals surface area contributed by atoms with Crippen molar-refractivity contribution in [3.05, 3.63) is 22.5 Å². The fourth-order valence-corrected chi connectivity index (χ4v) is 1.59. The second kappa shape index (κ2) is 2.45. The van der Waals surface area contributed by atoms with Crippen LogP contribution in [-0.2, 0) is 9.59 Å². The second-order valence-electron chi connectivity index (χ2n) is 3.12. The molecule has 0 aromatic heterocycles. The molecule has 0 aromatic rings. The summed E-state index contributed by atoms with van der Waals surface area (Å²) in [6, 6.07) is 0. The largest absolute Gasteiger partial charge is 0.320 e. The molecule has 2 heterocycles. The monoisotopic (exact) mass is 178 g/mol. The molecule has 0 aromatic carbocycles. The predicted molar refractivity (Wildman–Crippen MR) is 46.3 cm³/mol. The van der Waals surface area contributed by atoms with Crippen molar-refractivity contribution in [2.45, 2.75) is 20.3 Å². The van der Waals surface area contributed by atoms with Crippen molar-refractivity contribution in [2.75, 3.05) is 0 Å². The number of nitrogens with one attached hydrogen (secondary N) is 2. The molecule has 0 spiro atoms. The van der Waals surface area contributed by atoms with E-state index in [-0.39, 0.29) is 11.8 Å². The maximum absolute atomic E-state index is 11.3.